The van der Waals surface area contributed by atoms with Gasteiger partial charge in [0.1, 0.15) is 5.82 Å². The van der Waals surface area contributed by atoms with Gasteiger partial charge in [0.05, 0.1) is 44.3 Å². The Morgan fingerprint density at radius 3 is 2.67 bits per heavy atom. The van der Waals surface area contributed by atoms with Crippen LogP contribution in [0.1, 0.15) is 19.3 Å². The van der Waals surface area contributed by atoms with Crippen molar-refractivity contribution in [2.75, 3.05) is 63.1 Å². The number of hydrogen-bond donors (Lipinski definition) is 4. The van der Waals surface area contributed by atoms with Crippen LogP contribution in [-0.4, -0.2) is 55.8 Å². The summed E-state index contributed by atoms with van der Waals surface area (Å²) < 4.78 is 1.26. The Bertz CT molecular complexity index is 442. The molecule has 0 saturated carbocycles. The fourth-order valence-electron chi connectivity index (χ4n) is 2.95. The van der Waals surface area contributed by atoms with Crippen molar-refractivity contribution in [3.05, 3.63) is 12.3 Å². The first kappa shape index (κ1) is 15.9. The molecule has 0 unspecified atom stereocenters. The molecular formula is C15H29N6+. The minimum Gasteiger partial charge on any atom is -0.397 e. The maximum Gasteiger partial charge on any atom is 0.149 e. The molecule has 0 aromatic carbocycles. The molecule has 0 radical (unpaired) electrons. The SMILES string of the molecule is C[N+]1(CCCNCCNc2ncc(N)cc2N)CCCC1. The Hall–Kier alpha value is -1.53. The number of aromatic nitrogens is 1. The molecule has 1 aliphatic heterocycles. The molecule has 6 nitrogen and oxygen atoms in total. The third-order valence-corrected chi connectivity index (χ3v) is 4.23. The van der Waals surface area contributed by atoms with Crippen molar-refractivity contribution in [2.24, 2.45) is 0 Å². The van der Waals surface area contributed by atoms with Crippen LogP contribution in [0.2, 0.25) is 0 Å². The number of rotatable bonds is 8. The van der Waals surface area contributed by atoms with Gasteiger partial charge in [-0.2, -0.15) is 0 Å². The highest BCUT2D eigenvalue weighted by atomic mass is 15.3. The molecule has 1 aromatic rings. The van der Waals surface area contributed by atoms with Gasteiger partial charge in [-0.1, -0.05) is 0 Å². The number of nitrogens with two attached hydrogens (primary N) is 2. The number of quaternary nitrogens is 1. The van der Waals surface area contributed by atoms with Gasteiger partial charge < -0.3 is 26.6 Å². The van der Waals surface area contributed by atoms with Crippen LogP contribution < -0.4 is 22.1 Å². The molecule has 1 aromatic heterocycles. The molecule has 1 saturated heterocycles. The molecule has 1 fully saturated rings. The van der Waals surface area contributed by atoms with Crippen molar-refractivity contribution >= 4 is 17.2 Å². The van der Waals surface area contributed by atoms with Crippen LogP contribution in [0.4, 0.5) is 17.2 Å². The van der Waals surface area contributed by atoms with E-state index in [1.807, 2.05) is 0 Å². The zero-order valence-electron chi connectivity index (χ0n) is 13.1. The van der Waals surface area contributed by atoms with Gasteiger partial charge in [0.2, 0.25) is 0 Å². The first-order valence-electron chi connectivity index (χ1n) is 7.88. The molecule has 21 heavy (non-hydrogen) atoms. The zero-order valence-corrected chi connectivity index (χ0v) is 13.1. The van der Waals surface area contributed by atoms with E-state index in [0.717, 1.165) is 19.6 Å². The lowest BCUT2D eigenvalue weighted by molar-refractivity contribution is -0.897. The Morgan fingerprint density at radius 2 is 1.95 bits per heavy atom. The summed E-state index contributed by atoms with van der Waals surface area (Å²) in [5.74, 6) is 0.709. The molecule has 1 aliphatic rings. The molecule has 2 heterocycles. The fraction of sp³-hybridized carbons (Fsp3) is 0.667. The quantitative estimate of drug-likeness (QED) is 0.422. The summed E-state index contributed by atoms with van der Waals surface area (Å²) in [6.45, 7) is 6.78. The van der Waals surface area contributed by atoms with E-state index in [0.29, 0.717) is 17.2 Å². The van der Waals surface area contributed by atoms with Gasteiger partial charge >= 0.3 is 0 Å². The Morgan fingerprint density at radius 1 is 1.19 bits per heavy atom. The highest BCUT2D eigenvalue weighted by molar-refractivity contribution is 5.65. The Kier molecular flexibility index (Phi) is 5.64. The summed E-state index contributed by atoms with van der Waals surface area (Å²) in [4.78, 5) is 4.18. The molecule has 6 heteroatoms. The van der Waals surface area contributed by atoms with Crippen LogP contribution in [-0.2, 0) is 0 Å². The van der Waals surface area contributed by atoms with Crippen molar-refractivity contribution in [1.29, 1.82) is 0 Å². The number of nitrogen functional groups attached to an aromatic ring is 2. The molecule has 118 valence electrons. The second-order valence-corrected chi connectivity index (χ2v) is 6.23. The smallest absolute Gasteiger partial charge is 0.149 e. The third kappa shape index (κ3) is 5.06. The van der Waals surface area contributed by atoms with Crippen molar-refractivity contribution in [2.45, 2.75) is 19.3 Å². The first-order chi connectivity index (χ1) is 10.1. The van der Waals surface area contributed by atoms with Gasteiger partial charge in [-0.25, -0.2) is 4.98 Å². The van der Waals surface area contributed by atoms with E-state index >= 15 is 0 Å². The predicted molar refractivity (Wildman–Crippen MR) is 89.1 cm³/mol. The maximum atomic E-state index is 5.84. The van der Waals surface area contributed by atoms with Gasteiger partial charge in [-0.3, -0.25) is 0 Å². The van der Waals surface area contributed by atoms with E-state index in [9.17, 15) is 0 Å². The third-order valence-electron chi connectivity index (χ3n) is 4.23. The van der Waals surface area contributed by atoms with E-state index in [1.165, 1.54) is 43.4 Å². The maximum absolute atomic E-state index is 5.84. The van der Waals surface area contributed by atoms with E-state index in [2.05, 4.69) is 22.7 Å². The van der Waals surface area contributed by atoms with Crippen LogP contribution in [0.5, 0.6) is 0 Å². The van der Waals surface area contributed by atoms with Crippen molar-refractivity contribution in [3.63, 3.8) is 0 Å². The van der Waals surface area contributed by atoms with Gasteiger partial charge in [-0.15, -0.1) is 0 Å². The molecule has 0 spiro atoms. The van der Waals surface area contributed by atoms with E-state index in [-0.39, 0.29) is 0 Å². The van der Waals surface area contributed by atoms with Crippen LogP contribution >= 0.6 is 0 Å². The molecule has 0 atom stereocenters. The van der Waals surface area contributed by atoms with Crippen LogP contribution in [0.15, 0.2) is 12.3 Å². The molecule has 0 amide bonds. The minimum atomic E-state index is 0.592. The number of likely N-dealkylation sites (tertiary alicyclic amines) is 1. The number of nitrogens with one attached hydrogen (secondary N) is 2. The average Bonchev–Trinajstić information content (AvgIpc) is 2.87. The summed E-state index contributed by atoms with van der Waals surface area (Å²) >= 11 is 0. The second-order valence-electron chi connectivity index (χ2n) is 6.23. The lowest BCUT2D eigenvalue weighted by Gasteiger charge is -2.29. The second kappa shape index (κ2) is 7.47. The monoisotopic (exact) mass is 293 g/mol. The van der Waals surface area contributed by atoms with E-state index < -0.39 is 0 Å². The number of anilines is 3. The normalized spacial score (nSPS) is 17.0. The lowest BCUT2D eigenvalue weighted by Crippen LogP contribution is -2.42. The molecule has 0 bridgehead atoms. The number of hydrogen-bond acceptors (Lipinski definition) is 5. The summed E-state index contributed by atoms with van der Waals surface area (Å²) in [6.07, 6.45) is 5.64. The molecule has 0 aliphatic carbocycles. The van der Waals surface area contributed by atoms with Crippen LogP contribution in [0, 0.1) is 0 Å². The van der Waals surface area contributed by atoms with E-state index in [1.54, 1.807) is 12.3 Å². The minimum absolute atomic E-state index is 0.592. The Balaban J connectivity index is 1.54. The van der Waals surface area contributed by atoms with Crippen LogP contribution in [0.25, 0.3) is 0 Å². The topological polar surface area (TPSA) is 89.0 Å². The summed E-state index contributed by atoms with van der Waals surface area (Å²) in [5.41, 5.74) is 12.6. The largest absolute Gasteiger partial charge is 0.397 e. The van der Waals surface area contributed by atoms with Gasteiger partial charge in [-0.05, 0) is 6.07 Å². The van der Waals surface area contributed by atoms with Gasteiger partial charge in [0.15, 0.2) is 0 Å². The molecule has 2 rings (SSSR count). The number of pyridine rings is 1. The average molecular weight is 293 g/mol. The summed E-state index contributed by atoms with van der Waals surface area (Å²) in [5, 5.41) is 6.68. The van der Waals surface area contributed by atoms with Crippen LogP contribution in [0.3, 0.4) is 0 Å². The van der Waals surface area contributed by atoms with Crippen molar-refractivity contribution in [1.82, 2.24) is 10.3 Å². The van der Waals surface area contributed by atoms with Gasteiger partial charge in [0.25, 0.3) is 0 Å². The summed E-state index contributed by atoms with van der Waals surface area (Å²) in [6, 6.07) is 1.73. The van der Waals surface area contributed by atoms with E-state index in [4.69, 9.17) is 11.5 Å². The fourth-order valence-corrected chi connectivity index (χ4v) is 2.95. The number of nitrogens with zero attached hydrogens (tertiary/aromatic N) is 2. The Labute approximate surface area is 127 Å². The summed E-state index contributed by atoms with van der Waals surface area (Å²) in [7, 11) is 2.38. The molecule has 6 N–H and O–H groups in total. The van der Waals surface area contributed by atoms with Gasteiger partial charge in [0, 0.05) is 38.9 Å². The highest BCUT2D eigenvalue weighted by Crippen LogP contribution is 2.17. The zero-order chi connectivity index (χ0) is 15.1. The lowest BCUT2D eigenvalue weighted by atomic mass is 10.3. The standard InChI is InChI=1S/C15H29N6/c1-21(8-2-3-9-21)10-4-5-18-6-7-19-15-14(17)11-13(16)12-20-15/h11-12,18H,2-10,16-17H2,1H3,(H,19,20)/q+1. The first-order valence-corrected chi connectivity index (χ1v) is 7.88. The predicted octanol–water partition coefficient (Wildman–Crippen LogP) is 0.878. The molecular weight excluding hydrogens is 264 g/mol. The van der Waals surface area contributed by atoms with Crippen molar-refractivity contribution < 1.29 is 4.48 Å². The van der Waals surface area contributed by atoms with Crippen molar-refractivity contribution in [3.8, 4) is 0 Å². The highest BCUT2D eigenvalue weighted by Gasteiger charge is 2.25.